The molecule has 1 fully saturated rings. The van der Waals surface area contributed by atoms with E-state index in [0.29, 0.717) is 18.7 Å². The van der Waals surface area contributed by atoms with Crippen LogP contribution in [-0.2, 0) is 25.0 Å². The lowest BCUT2D eigenvalue weighted by Crippen LogP contribution is -2.47. The standard InChI is InChI=1S/C25H28N4O3S.2C2HF3O2/c1-33(31,32)29-18-25(21-7-3-5-9-23(21)29)10-13-28(14-11-25)15-12-26-24(30)20-16-19-6-2-4-8-22(19)27-17-20;2*3-2(4,5)1(6)7/h2-9,16-17H,10-15,18H2,1H3,(H,26,30);2*(H,6,7). The maximum Gasteiger partial charge on any atom is 0.490 e. The van der Waals surface area contributed by atoms with Crippen LogP contribution >= 0.6 is 0 Å². The van der Waals surface area contributed by atoms with E-state index in [1.165, 1.54) is 6.26 Å². The third kappa shape index (κ3) is 9.77. The van der Waals surface area contributed by atoms with Crippen LogP contribution in [0, 0.1) is 0 Å². The summed E-state index contributed by atoms with van der Waals surface area (Å²) < 4.78 is 89.7. The molecule has 2 aliphatic rings. The van der Waals surface area contributed by atoms with Gasteiger partial charge in [-0.25, -0.2) is 18.0 Å². The van der Waals surface area contributed by atoms with E-state index < -0.39 is 34.3 Å². The fourth-order valence-corrected chi connectivity index (χ4v) is 6.14. The molecule has 0 aliphatic carbocycles. The van der Waals surface area contributed by atoms with Crippen LogP contribution in [-0.4, -0.2) is 97.7 Å². The molecule has 3 aromatic rings. The number of fused-ring (bicyclic) bond motifs is 3. The molecule has 2 aliphatic heterocycles. The predicted octanol–water partition coefficient (Wildman–Crippen LogP) is 4.04. The molecule has 11 nitrogen and oxygen atoms in total. The zero-order valence-corrected chi connectivity index (χ0v) is 25.5. The zero-order valence-electron chi connectivity index (χ0n) is 24.7. The summed E-state index contributed by atoms with van der Waals surface area (Å²) in [6.07, 6.45) is -5.46. The molecule has 47 heavy (non-hydrogen) atoms. The number of aromatic nitrogens is 1. The molecule has 18 heteroatoms. The summed E-state index contributed by atoms with van der Waals surface area (Å²) in [6.45, 7) is 3.59. The van der Waals surface area contributed by atoms with Gasteiger partial charge in [-0.05, 0) is 49.7 Å². The molecule has 0 saturated carbocycles. The highest BCUT2D eigenvalue weighted by atomic mass is 32.2. The number of halogens is 6. The number of amides is 1. The summed E-state index contributed by atoms with van der Waals surface area (Å²) in [7, 11) is -3.30. The number of carbonyl (C=O) groups is 3. The van der Waals surface area contributed by atoms with Crippen molar-refractivity contribution >= 4 is 44.5 Å². The fourth-order valence-electron chi connectivity index (χ4n) is 5.14. The Balaban J connectivity index is 0.000000360. The van der Waals surface area contributed by atoms with Crippen LogP contribution in [0.25, 0.3) is 10.9 Å². The van der Waals surface area contributed by atoms with Crippen molar-refractivity contribution in [2.45, 2.75) is 30.6 Å². The minimum absolute atomic E-state index is 0.116. The number of benzene rings is 2. The summed E-state index contributed by atoms with van der Waals surface area (Å²) in [5.41, 5.74) is 3.28. The van der Waals surface area contributed by atoms with Crippen molar-refractivity contribution < 1.29 is 59.4 Å². The first-order chi connectivity index (χ1) is 21.7. The van der Waals surface area contributed by atoms with Crippen molar-refractivity contribution in [1.82, 2.24) is 15.2 Å². The Labute approximate surface area is 264 Å². The van der Waals surface area contributed by atoms with Gasteiger partial charge in [0.2, 0.25) is 10.0 Å². The first-order valence-corrected chi connectivity index (χ1v) is 15.6. The number of para-hydroxylation sites is 2. The van der Waals surface area contributed by atoms with Gasteiger partial charge in [-0.1, -0.05) is 36.4 Å². The molecule has 0 bridgehead atoms. The van der Waals surface area contributed by atoms with E-state index in [2.05, 4.69) is 21.3 Å². The van der Waals surface area contributed by atoms with Gasteiger partial charge in [-0.15, -0.1) is 0 Å². The Hall–Kier alpha value is -4.45. The smallest absolute Gasteiger partial charge is 0.475 e. The van der Waals surface area contributed by atoms with Gasteiger partial charge in [0, 0.05) is 36.6 Å². The van der Waals surface area contributed by atoms with Crippen LogP contribution in [0.4, 0.5) is 32.0 Å². The molecule has 3 heterocycles. The number of alkyl halides is 6. The van der Waals surface area contributed by atoms with E-state index in [1.807, 2.05) is 48.5 Å². The van der Waals surface area contributed by atoms with Crippen molar-refractivity contribution in [2.24, 2.45) is 0 Å². The number of nitrogens with zero attached hydrogens (tertiary/aromatic N) is 3. The minimum Gasteiger partial charge on any atom is -0.475 e. The first kappa shape index (κ1) is 37.0. The molecule has 1 amide bonds. The Bertz CT molecular complexity index is 1680. The molecular weight excluding hydrogens is 662 g/mol. The van der Waals surface area contributed by atoms with E-state index in [1.54, 1.807) is 10.5 Å². The van der Waals surface area contributed by atoms with Crippen LogP contribution in [0.5, 0.6) is 0 Å². The summed E-state index contributed by atoms with van der Waals surface area (Å²) in [4.78, 5) is 37.1. The zero-order chi connectivity index (χ0) is 35.2. The maximum atomic E-state index is 12.6. The van der Waals surface area contributed by atoms with E-state index >= 15 is 0 Å². The lowest BCUT2D eigenvalue weighted by atomic mass is 9.74. The van der Waals surface area contributed by atoms with E-state index in [0.717, 1.165) is 54.6 Å². The lowest BCUT2D eigenvalue weighted by molar-refractivity contribution is -0.193. The van der Waals surface area contributed by atoms with E-state index in [9.17, 15) is 39.6 Å². The van der Waals surface area contributed by atoms with Crippen molar-refractivity contribution in [1.29, 1.82) is 0 Å². The van der Waals surface area contributed by atoms with Gasteiger partial charge in [0.25, 0.3) is 5.91 Å². The summed E-state index contributed by atoms with van der Waals surface area (Å²) in [6, 6.07) is 17.5. The highest BCUT2D eigenvalue weighted by Crippen LogP contribution is 2.47. The largest absolute Gasteiger partial charge is 0.490 e. The number of carboxylic acids is 2. The first-order valence-electron chi connectivity index (χ1n) is 13.8. The molecule has 1 spiro atoms. The van der Waals surface area contributed by atoms with Gasteiger partial charge < -0.3 is 20.4 Å². The highest BCUT2D eigenvalue weighted by molar-refractivity contribution is 7.92. The van der Waals surface area contributed by atoms with Crippen molar-refractivity contribution in [3.63, 3.8) is 0 Å². The van der Waals surface area contributed by atoms with Crippen LogP contribution in [0.1, 0.15) is 28.8 Å². The summed E-state index contributed by atoms with van der Waals surface area (Å²) in [5, 5.41) is 18.2. The van der Waals surface area contributed by atoms with Crippen LogP contribution in [0.15, 0.2) is 60.8 Å². The average molecular weight is 693 g/mol. The minimum atomic E-state index is -5.08. The number of carbonyl (C=O) groups excluding carboxylic acids is 1. The molecule has 1 aromatic heterocycles. The molecule has 5 rings (SSSR count). The fraction of sp³-hybridized carbons (Fsp3) is 0.379. The molecule has 0 unspecified atom stereocenters. The maximum absolute atomic E-state index is 12.6. The normalized spacial score (nSPS) is 15.9. The van der Waals surface area contributed by atoms with Crippen LogP contribution < -0.4 is 9.62 Å². The third-order valence-electron chi connectivity index (χ3n) is 7.46. The van der Waals surface area contributed by atoms with Crippen molar-refractivity contribution in [2.75, 3.05) is 43.3 Å². The van der Waals surface area contributed by atoms with Gasteiger partial charge in [0.1, 0.15) is 0 Å². The predicted molar refractivity (Wildman–Crippen MR) is 157 cm³/mol. The number of hydrogen-bond acceptors (Lipinski definition) is 7. The molecule has 3 N–H and O–H groups in total. The number of aliphatic carboxylic acids is 2. The number of sulfonamides is 1. The Morgan fingerprint density at radius 3 is 2.00 bits per heavy atom. The summed E-state index contributed by atoms with van der Waals surface area (Å²) in [5.74, 6) is -5.63. The number of pyridine rings is 1. The van der Waals surface area contributed by atoms with Crippen LogP contribution in [0.3, 0.4) is 0 Å². The number of nitrogens with one attached hydrogen (secondary N) is 1. The Morgan fingerprint density at radius 2 is 1.45 bits per heavy atom. The molecular formula is C29H30F6N4O7S. The number of piperidine rings is 1. The average Bonchev–Trinajstić information content (AvgIpc) is 3.32. The number of anilines is 1. The van der Waals surface area contributed by atoms with E-state index in [-0.39, 0.29) is 11.3 Å². The number of carboxylic acid groups (broad SMARTS) is 2. The van der Waals surface area contributed by atoms with Gasteiger partial charge in [0.15, 0.2) is 0 Å². The molecule has 1 saturated heterocycles. The van der Waals surface area contributed by atoms with Gasteiger partial charge in [-0.2, -0.15) is 26.3 Å². The second-order valence-corrected chi connectivity index (χ2v) is 12.6. The summed E-state index contributed by atoms with van der Waals surface area (Å²) >= 11 is 0. The second-order valence-electron chi connectivity index (χ2n) is 10.7. The lowest BCUT2D eigenvalue weighted by Gasteiger charge is -2.39. The van der Waals surface area contributed by atoms with Gasteiger partial charge in [-0.3, -0.25) is 14.1 Å². The Kier molecular flexibility index (Phi) is 11.4. The van der Waals surface area contributed by atoms with Crippen molar-refractivity contribution in [3.05, 3.63) is 71.9 Å². The number of rotatable bonds is 5. The molecule has 2 aromatic carbocycles. The monoisotopic (exact) mass is 692 g/mol. The third-order valence-corrected chi connectivity index (χ3v) is 8.58. The topological polar surface area (TPSA) is 157 Å². The van der Waals surface area contributed by atoms with Crippen molar-refractivity contribution in [3.8, 4) is 0 Å². The number of likely N-dealkylation sites (tertiary alicyclic amines) is 1. The molecule has 0 radical (unpaired) electrons. The van der Waals surface area contributed by atoms with Crippen LogP contribution in [0.2, 0.25) is 0 Å². The van der Waals surface area contributed by atoms with E-state index in [4.69, 9.17) is 19.8 Å². The Morgan fingerprint density at radius 1 is 0.915 bits per heavy atom. The van der Waals surface area contributed by atoms with Gasteiger partial charge >= 0.3 is 24.3 Å². The highest BCUT2D eigenvalue weighted by Gasteiger charge is 2.46. The molecule has 0 atom stereocenters. The molecule has 256 valence electrons. The van der Waals surface area contributed by atoms with Gasteiger partial charge in [0.05, 0.1) is 23.0 Å². The number of hydrogen-bond donors (Lipinski definition) is 3. The quantitative estimate of drug-likeness (QED) is 0.336. The SMILES string of the molecule is CS(=O)(=O)N1CC2(CCN(CCNC(=O)c3cnc4ccccc4c3)CC2)c2ccccc21.O=C(O)C(F)(F)F.O=C(O)C(F)(F)F. The second kappa shape index (κ2) is 14.5.